The zero-order valence-corrected chi connectivity index (χ0v) is 15.9. The molecule has 3 rings (SSSR count). The quantitative estimate of drug-likeness (QED) is 0.766. The lowest BCUT2D eigenvalue weighted by Gasteiger charge is -2.32. The van der Waals surface area contributed by atoms with Gasteiger partial charge in [-0.3, -0.25) is 4.90 Å². The molecule has 1 saturated heterocycles. The van der Waals surface area contributed by atoms with Gasteiger partial charge in [-0.1, -0.05) is 6.07 Å². The summed E-state index contributed by atoms with van der Waals surface area (Å²) in [5.41, 5.74) is 1.11. The van der Waals surface area contributed by atoms with Crippen LogP contribution in [-0.2, 0) is 11.2 Å². The minimum absolute atomic E-state index is 0.0338. The SMILES string of the molecule is C[C@@H](Cc1ccc2c(c1)OCO2)N(C)C(=O)OCCN1CCN(C)CC1. The van der Waals surface area contributed by atoms with E-state index in [9.17, 15) is 4.79 Å². The van der Waals surface area contributed by atoms with Crippen LogP contribution in [0.15, 0.2) is 18.2 Å². The Kier molecular flexibility index (Phi) is 6.21. The van der Waals surface area contributed by atoms with Gasteiger partial charge in [-0.15, -0.1) is 0 Å². The van der Waals surface area contributed by atoms with Crippen LogP contribution in [0, 0.1) is 0 Å². The normalized spacial score (nSPS) is 18.6. The molecule has 0 N–H and O–H groups in total. The van der Waals surface area contributed by atoms with Gasteiger partial charge in [0.05, 0.1) is 0 Å². The number of carbonyl (C=O) groups is 1. The van der Waals surface area contributed by atoms with Crippen molar-refractivity contribution in [2.75, 3.05) is 60.2 Å². The number of fused-ring (bicyclic) bond motifs is 1. The predicted molar refractivity (Wildman–Crippen MR) is 98.8 cm³/mol. The Morgan fingerprint density at radius 1 is 1.23 bits per heavy atom. The van der Waals surface area contributed by atoms with E-state index in [-0.39, 0.29) is 18.9 Å². The topological polar surface area (TPSA) is 54.5 Å². The van der Waals surface area contributed by atoms with Gasteiger partial charge in [0, 0.05) is 45.8 Å². The maximum Gasteiger partial charge on any atom is 0.409 e. The second-order valence-electron chi connectivity index (χ2n) is 7.11. The summed E-state index contributed by atoms with van der Waals surface area (Å²) in [6.45, 7) is 7.73. The van der Waals surface area contributed by atoms with Crippen molar-refractivity contribution in [2.24, 2.45) is 0 Å². The van der Waals surface area contributed by atoms with Gasteiger partial charge >= 0.3 is 6.09 Å². The molecule has 1 aromatic carbocycles. The lowest BCUT2D eigenvalue weighted by atomic mass is 10.1. The molecule has 1 aromatic rings. The summed E-state index contributed by atoms with van der Waals surface area (Å²) in [4.78, 5) is 18.6. The average Bonchev–Trinajstić information content (AvgIpc) is 3.10. The van der Waals surface area contributed by atoms with Crippen molar-refractivity contribution < 1.29 is 19.0 Å². The highest BCUT2D eigenvalue weighted by Gasteiger charge is 2.20. The Morgan fingerprint density at radius 2 is 1.96 bits per heavy atom. The number of benzene rings is 1. The highest BCUT2D eigenvalue weighted by molar-refractivity contribution is 5.67. The molecule has 0 saturated carbocycles. The molecule has 0 spiro atoms. The molecule has 2 aliphatic rings. The maximum atomic E-state index is 12.3. The molecule has 0 unspecified atom stereocenters. The van der Waals surface area contributed by atoms with Crippen molar-refractivity contribution >= 4 is 6.09 Å². The zero-order valence-electron chi connectivity index (χ0n) is 15.9. The number of piperazine rings is 1. The molecule has 1 fully saturated rings. The fraction of sp³-hybridized carbons (Fsp3) is 0.632. The molecule has 1 atom stereocenters. The van der Waals surface area contributed by atoms with Gasteiger partial charge in [-0.25, -0.2) is 4.79 Å². The zero-order chi connectivity index (χ0) is 18.5. The first-order valence-electron chi connectivity index (χ1n) is 9.22. The average molecular weight is 363 g/mol. The summed E-state index contributed by atoms with van der Waals surface area (Å²) < 4.78 is 16.2. The van der Waals surface area contributed by atoms with Crippen molar-refractivity contribution in [2.45, 2.75) is 19.4 Å². The maximum absolute atomic E-state index is 12.3. The summed E-state index contributed by atoms with van der Waals surface area (Å²) in [6.07, 6.45) is 0.466. The number of hydrogen-bond donors (Lipinski definition) is 0. The van der Waals surface area contributed by atoms with Gasteiger partial charge in [-0.05, 0) is 38.1 Å². The molecule has 2 heterocycles. The van der Waals surface area contributed by atoms with E-state index in [4.69, 9.17) is 14.2 Å². The van der Waals surface area contributed by atoms with E-state index in [0.29, 0.717) is 6.61 Å². The largest absolute Gasteiger partial charge is 0.454 e. The Morgan fingerprint density at radius 3 is 2.73 bits per heavy atom. The number of amides is 1. The van der Waals surface area contributed by atoms with Crippen LogP contribution in [0.25, 0.3) is 0 Å². The first-order valence-corrected chi connectivity index (χ1v) is 9.22. The van der Waals surface area contributed by atoms with Crippen molar-refractivity contribution in [1.29, 1.82) is 0 Å². The Balaban J connectivity index is 1.41. The van der Waals surface area contributed by atoms with E-state index in [1.807, 2.05) is 25.1 Å². The third kappa shape index (κ3) is 4.80. The summed E-state index contributed by atoms with van der Waals surface area (Å²) in [5.74, 6) is 1.55. The van der Waals surface area contributed by atoms with Crippen LogP contribution < -0.4 is 9.47 Å². The molecule has 0 aromatic heterocycles. The Bertz CT molecular complexity index is 617. The number of hydrogen-bond acceptors (Lipinski definition) is 6. The van der Waals surface area contributed by atoms with Crippen LogP contribution >= 0.6 is 0 Å². The van der Waals surface area contributed by atoms with E-state index in [2.05, 4.69) is 16.8 Å². The minimum Gasteiger partial charge on any atom is -0.454 e. The van der Waals surface area contributed by atoms with E-state index in [0.717, 1.165) is 56.2 Å². The van der Waals surface area contributed by atoms with Crippen LogP contribution in [-0.4, -0.2) is 87.1 Å². The van der Waals surface area contributed by atoms with Crippen LogP contribution in [0.3, 0.4) is 0 Å². The van der Waals surface area contributed by atoms with Crippen LogP contribution in [0.4, 0.5) is 4.79 Å². The smallest absolute Gasteiger partial charge is 0.409 e. The molecule has 0 radical (unpaired) electrons. The van der Waals surface area contributed by atoms with Gasteiger partial charge < -0.3 is 24.0 Å². The van der Waals surface area contributed by atoms with Crippen LogP contribution in [0.2, 0.25) is 0 Å². The summed E-state index contributed by atoms with van der Waals surface area (Å²) in [5, 5.41) is 0. The number of rotatable bonds is 6. The molecule has 0 aliphatic carbocycles. The van der Waals surface area contributed by atoms with Gasteiger partial charge in [0.1, 0.15) is 6.61 Å². The first-order chi connectivity index (χ1) is 12.5. The van der Waals surface area contributed by atoms with Gasteiger partial charge in [0.2, 0.25) is 6.79 Å². The summed E-state index contributed by atoms with van der Waals surface area (Å²) in [7, 11) is 3.92. The third-order valence-electron chi connectivity index (χ3n) is 5.15. The van der Waals surface area contributed by atoms with E-state index >= 15 is 0 Å². The molecule has 144 valence electrons. The molecule has 7 nitrogen and oxygen atoms in total. The number of carbonyl (C=O) groups excluding carboxylic acids is 1. The first kappa shape index (κ1) is 18.8. The van der Waals surface area contributed by atoms with Crippen molar-refractivity contribution in [3.8, 4) is 11.5 Å². The molecule has 7 heteroatoms. The fourth-order valence-corrected chi connectivity index (χ4v) is 3.16. The summed E-state index contributed by atoms with van der Waals surface area (Å²) in [6, 6.07) is 5.94. The van der Waals surface area contributed by atoms with E-state index in [1.165, 1.54) is 0 Å². The van der Waals surface area contributed by atoms with Gasteiger partial charge in [-0.2, -0.15) is 0 Å². The highest BCUT2D eigenvalue weighted by atomic mass is 16.7. The minimum atomic E-state index is -0.271. The molecular formula is C19H29N3O4. The standard InChI is InChI=1S/C19H29N3O4/c1-15(12-16-4-5-17-18(13-16)26-14-25-17)21(3)19(23)24-11-10-22-8-6-20(2)7-9-22/h4-5,13,15H,6-12,14H2,1-3H3/t15-/m0/s1. The fourth-order valence-electron chi connectivity index (χ4n) is 3.16. The van der Waals surface area contributed by atoms with Gasteiger partial charge in [0.25, 0.3) is 0 Å². The lowest BCUT2D eigenvalue weighted by Crippen LogP contribution is -2.46. The predicted octanol–water partition coefficient (Wildman–Crippen LogP) is 1.66. The van der Waals surface area contributed by atoms with Crippen molar-refractivity contribution in [3.05, 3.63) is 23.8 Å². The Labute approximate surface area is 155 Å². The molecule has 2 aliphatic heterocycles. The second kappa shape index (κ2) is 8.60. The van der Waals surface area contributed by atoms with Crippen molar-refractivity contribution in [1.82, 2.24) is 14.7 Å². The molecule has 1 amide bonds. The van der Waals surface area contributed by atoms with Crippen molar-refractivity contribution in [3.63, 3.8) is 0 Å². The van der Waals surface area contributed by atoms with Crippen LogP contribution in [0.1, 0.15) is 12.5 Å². The lowest BCUT2D eigenvalue weighted by molar-refractivity contribution is 0.0774. The van der Waals surface area contributed by atoms with Crippen LogP contribution in [0.5, 0.6) is 11.5 Å². The molecule has 0 bridgehead atoms. The molecule has 26 heavy (non-hydrogen) atoms. The third-order valence-corrected chi connectivity index (χ3v) is 5.15. The summed E-state index contributed by atoms with van der Waals surface area (Å²) >= 11 is 0. The second-order valence-corrected chi connectivity index (χ2v) is 7.11. The highest BCUT2D eigenvalue weighted by Crippen LogP contribution is 2.32. The van der Waals surface area contributed by atoms with E-state index in [1.54, 1.807) is 11.9 Å². The molecular weight excluding hydrogens is 334 g/mol. The number of nitrogens with zero attached hydrogens (tertiary/aromatic N) is 3. The Hall–Kier alpha value is -1.99. The van der Waals surface area contributed by atoms with Gasteiger partial charge in [0.15, 0.2) is 11.5 Å². The monoisotopic (exact) mass is 363 g/mol. The number of likely N-dealkylation sites (N-methyl/N-ethyl adjacent to an activating group) is 2. The number of ether oxygens (including phenoxy) is 3. The van der Waals surface area contributed by atoms with E-state index < -0.39 is 0 Å².